The van der Waals surface area contributed by atoms with E-state index < -0.39 is 4.92 Å². The van der Waals surface area contributed by atoms with Crippen LogP contribution >= 0.6 is 11.8 Å². The molecule has 0 unspecified atom stereocenters. The van der Waals surface area contributed by atoms with Gasteiger partial charge in [-0.15, -0.1) is 0 Å². The number of benzene rings is 1. The Morgan fingerprint density at radius 1 is 1.42 bits per heavy atom. The van der Waals surface area contributed by atoms with E-state index >= 15 is 0 Å². The highest BCUT2D eigenvalue weighted by Crippen LogP contribution is 2.24. The molecule has 2 rings (SSSR count). The standard InChI is InChI=1S/C13H17N3O2S/c1-10(2)9-15-7-8-19-13(15)14-11-3-5-12(6-4-11)16(17)18/h3-6,10H,7-9H2,1-2H3/b14-13-. The first kappa shape index (κ1) is 13.9. The minimum absolute atomic E-state index is 0.0991. The van der Waals surface area contributed by atoms with Gasteiger partial charge in [-0.3, -0.25) is 10.1 Å². The number of nitro groups is 1. The van der Waals surface area contributed by atoms with Crippen molar-refractivity contribution in [1.29, 1.82) is 0 Å². The number of aliphatic imine (C=N–C) groups is 1. The van der Waals surface area contributed by atoms with E-state index in [1.165, 1.54) is 12.1 Å². The van der Waals surface area contributed by atoms with Crippen molar-refractivity contribution >= 4 is 28.3 Å². The summed E-state index contributed by atoms with van der Waals surface area (Å²) in [6.45, 7) is 6.40. The van der Waals surface area contributed by atoms with Crippen molar-refractivity contribution < 1.29 is 4.92 Å². The SMILES string of the molecule is CC(C)CN1CCS/C1=N\c1ccc([N+](=O)[O-])cc1. The summed E-state index contributed by atoms with van der Waals surface area (Å²) in [7, 11) is 0. The average Bonchev–Trinajstić information content (AvgIpc) is 2.76. The topological polar surface area (TPSA) is 58.7 Å². The minimum Gasteiger partial charge on any atom is -0.350 e. The monoisotopic (exact) mass is 279 g/mol. The number of nitro benzene ring substituents is 1. The molecule has 1 aliphatic heterocycles. The molecule has 5 nitrogen and oxygen atoms in total. The van der Waals surface area contributed by atoms with Crippen LogP contribution in [0.4, 0.5) is 11.4 Å². The molecular formula is C13H17N3O2S. The zero-order chi connectivity index (χ0) is 13.8. The lowest BCUT2D eigenvalue weighted by molar-refractivity contribution is -0.384. The number of rotatable bonds is 4. The van der Waals surface area contributed by atoms with Crippen LogP contribution in [-0.4, -0.2) is 33.8 Å². The predicted molar refractivity (Wildman–Crippen MR) is 79.1 cm³/mol. The molecule has 0 radical (unpaired) electrons. The molecular weight excluding hydrogens is 262 g/mol. The number of nitrogens with zero attached hydrogens (tertiary/aromatic N) is 3. The molecule has 0 N–H and O–H groups in total. The predicted octanol–water partition coefficient (Wildman–Crippen LogP) is 3.29. The number of thioether (sulfide) groups is 1. The zero-order valence-corrected chi connectivity index (χ0v) is 11.9. The Hall–Kier alpha value is -1.56. The van der Waals surface area contributed by atoms with Crippen molar-refractivity contribution in [2.75, 3.05) is 18.8 Å². The lowest BCUT2D eigenvalue weighted by atomic mass is 10.2. The first-order valence-corrected chi connectivity index (χ1v) is 7.25. The van der Waals surface area contributed by atoms with E-state index in [1.54, 1.807) is 23.9 Å². The van der Waals surface area contributed by atoms with Gasteiger partial charge in [0.2, 0.25) is 0 Å². The molecule has 1 fully saturated rings. The summed E-state index contributed by atoms with van der Waals surface area (Å²) in [5.74, 6) is 1.65. The van der Waals surface area contributed by atoms with Crippen molar-refractivity contribution in [2.45, 2.75) is 13.8 Å². The summed E-state index contributed by atoms with van der Waals surface area (Å²) in [6, 6.07) is 6.37. The summed E-state index contributed by atoms with van der Waals surface area (Å²) >= 11 is 1.74. The van der Waals surface area contributed by atoms with Crippen LogP contribution in [0, 0.1) is 16.0 Å². The summed E-state index contributed by atoms with van der Waals surface area (Å²) in [5, 5.41) is 11.6. The van der Waals surface area contributed by atoms with Crippen LogP contribution in [0.2, 0.25) is 0 Å². The molecule has 6 heteroatoms. The first-order chi connectivity index (χ1) is 9.06. The maximum atomic E-state index is 10.6. The molecule has 0 spiro atoms. The van der Waals surface area contributed by atoms with Gasteiger partial charge in [-0.05, 0) is 18.1 Å². The van der Waals surface area contributed by atoms with Crippen LogP contribution in [0.3, 0.4) is 0 Å². The second kappa shape index (κ2) is 6.06. The molecule has 0 saturated carbocycles. The molecule has 0 aromatic heterocycles. The van der Waals surface area contributed by atoms with Crippen LogP contribution in [0.15, 0.2) is 29.3 Å². The second-order valence-electron chi connectivity index (χ2n) is 4.86. The molecule has 19 heavy (non-hydrogen) atoms. The Kier molecular flexibility index (Phi) is 4.42. The molecule has 1 aromatic rings. The maximum absolute atomic E-state index is 10.6. The average molecular weight is 279 g/mol. The van der Waals surface area contributed by atoms with Gasteiger partial charge in [-0.1, -0.05) is 25.6 Å². The second-order valence-corrected chi connectivity index (χ2v) is 5.92. The third-order valence-corrected chi connectivity index (χ3v) is 3.73. The van der Waals surface area contributed by atoms with Crippen LogP contribution in [-0.2, 0) is 0 Å². The highest BCUT2D eigenvalue weighted by molar-refractivity contribution is 8.14. The van der Waals surface area contributed by atoms with E-state index in [0.717, 1.165) is 29.7 Å². The van der Waals surface area contributed by atoms with Gasteiger partial charge in [-0.2, -0.15) is 0 Å². The smallest absolute Gasteiger partial charge is 0.269 e. The summed E-state index contributed by atoms with van der Waals surface area (Å²) in [4.78, 5) is 17.0. The van der Waals surface area contributed by atoms with Gasteiger partial charge in [0.25, 0.3) is 5.69 Å². The molecule has 0 aliphatic carbocycles. The number of non-ortho nitro benzene ring substituents is 1. The van der Waals surface area contributed by atoms with E-state index in [9.17, 15) is 10.1 Å². The normalized spacial score (nSPS) is 17.4. The van der Waals surface area contributed by atoms with E-state index in [2.05, 4.69) is 23.7 Å². The van der Waals surface area contributed by atoms with Gasteiger partial charge < -0.3 is 4.90 Å². The Balaban J connectivity index is 2.13. The highest BCUT2D eigenvalue weighted by Gasteiger charge is 2.20. The highest BCUT2D eigenvalue weighted by atomic mass is 32.2. The van der Waals surface area contributed by atoms with Crippen LogP contribution < -0.4 is 0 Å². The zero-order valence-electron chi connectivity index (χ0n) is 11.1. The van der Waals surface area contributed by atoms with Crippen molar-refractivity contribution in [3.63, 3.8) is 0 Å². The molecule has 1 saturated heterocycles. The molecule has 1 aromatic carbocycles. The van der Waals surface area contributed by atoms with Crippen molar-refractivity contribution in [3.05, 3.63) is 34.4 Å². The molecule has 0 atom stereocenters. The van der Waals surface area contributed by atoms with Gasteiger partial charge in [0.1, 0.15) is 0 Å². The van der Waals surface area contributed by atoms with Gasteiger partial charge in [0, 0.05) is 31.0 Å². The van der Waals surface area contributed by atoms with Crippen molar-refractivity contribution in [3.8, 4) is 0 Å². The number of hydrogen-bond donors (Lipinski definition) is 0. The lowest BCUT2D eigenvalue weighted by Crippen LogP contribution is -2.28. The summed E-state index contributed by atoms with van der Waals surface area (Å²) in [6.07, 6.45) is 0. The Bertz CT molecular complexity index is 485. The quantitative estimate of drug-likeness (QED) is 0.627. The first-order valence-electron chi connectivity index (χ1n) is 6.27. The third-order valence-electron chi connectivity index (χ3n) is 2.73. The van der Waals surface area contributed by atoms with Crippen molar-refractivity contribution in [1.82, 2.24) is 4.90 Å². The Morgan fingerprint density at radius 2 is 2.11 bits per heavy atom. The van der Waals surface area contributed by atoms with E-state index in [1.807, 2.05) is 0 Å². The van der Waals surface area contributed by atoms with E-state index in [4.69, 9.17) is 0 Å². The minimum atomic E-state index is -0.397. The van der Waals surface area contributed by atoms with Gasteiger partial charge in [0.05, 0.1) is 10.6 Å². The Labute approximate surface area is 116 Å². The van der Waals surface area contributed by atoms with Crippen LogP contribution in [0.5, 0.6) is 0 Å². The van der Waals surface area contributed by atoms with Gasteiger partial charge >= 0.3 is 0 Å². The van der Waals surface area contributed by atoms with E-state index in [0.29, 0.717) is 5.92 Å². The largest absolute Gasteiger partial charge is 0.350 e. The molecule has 0 amide bonds. The Morgan fingerprint density at radius 3 is 2.68 bits per heavy atom. The molecule has 1 heterocycles. The third kappa shape index (κ3) is 3.70. The fraction of sp³-hybridized carbons (Fsp3) is 0.462. The number of hydrogen-bond acceptors (Lipinski definition) is 4. The summed E-state index contributed by atoms with van der Waals surface area (Å²) in [5.41, 5.74) is 0.866. The number of amidine groups is 1. The van der Waals surface area contributed by atoms with Gasteiger partial charge in [0.15, 0.2) is 5.17 Å². The molecule has 1 aliphatic rings. The summed E-state index contributed by atoms with van der Waals surface area (Å²) < 4.78 is 0. The lowest BCUT2D eigenvalue weighted by Gasteiger charge is -2.19. The fourth-order valence-corrected chi connectivity index (χ4v) is 2.92. The maximum Gasteiger partial charge on any atom is 0.269 e. The van der Waals surface area contributed by atoms with E-state index in [-0.39, 0.29) is 5.69 Å². The van der Waals surface area contributed by atoms with Crippen LogP contribution in [0.25, 0.3) is 0 Å². The molecule has 102 valence electrons. The van der Waals surface area contributed by atoms with Gasteiger partial charge in [-0.25, -0.2) is 4.99 Å². The molecule has 0 bridgehead atoms. The van der Waals surface area contributed by atoms with Crippen molar-refractivity contribution in [2.24, 2.45) is 10.9 Å². The fourth-order valence-electron chi connectivity index (χ4n) is 1.91. The van der Waals surface area contributed by atoms with Crippen LogP contribution in [0.1, 0.15) is 13.8 Å².